The van der Waals surface area contributed by atoms with Crippen molar-refractivity contribution < 1.29 is 9.90 Å². The Kier molecular flexibility index (Phi) is 6.61. The lowest BCUT2D eigenvalue weighted by atomic mass is 10.0. The normalized spacial score (nSPS) is 12.7. The first-order chi connectivity index (χ1) is 8.70. The molecule has 18 heavy (non-hydrogen) atoms. The second-order valence-electron chi connectivity index (χ2n) is 4.52. The molecular weight excluding hydrogens is 226 g/mol. The zero-order valence-electron chi connectivity index (χ0n) is 11.3. The van der Waals surface area contributed by atoms with Gasteiger partial charge in [-0.25, -0.2) is 0 Å². The summed E-state index contributed by atoms with van der Waals surface area (Å²) in [7, 11) is 0. The highest BCUT2D eigenvalue weighted by molar-refractivity contribution is 5.99. The number of Topliss-reactive ketones (excluding diaryl/α,β-unsaturated/α-hetero) is 1. The number of aliphatic hydroxyl groups is 1. The Labute approximate surface area is 109 Å². The van der Waals surface area contributed by atoms with Crippen LogP contribution in [-0.4, -0.2) is 41.5 Å². The first-order valence-corrected chi connectivity index (χ1v) is 6.64. The quantitative estimate of drug-likeness (QED) is 0.719. The summed E-state index contributed by atoms with van der Waals surface area (Å²) in [5.74, 6) is 0.125. The third-order valence-corrected chi connectivity index (χ3v) is 3.17. The fourth-order valence-corrected chi connectivity index (χ4v) is 2.00. The lowest BCUT2D eigenvalue weighted by Crippen LogP contribution is -2.41. The average Bonchev–Trinajstić information content (AvgIpc) is 2.43. The monoisotopic (exact) mass is 249 g/mol. The number of hydrogen-bond donors (Lipinski definition) is 1. The molecule has 0 radical (unpaired) electrons. The molecule has 0 bridgehead atoms. The van der Waals surface area contributed by atoms with E-state index in [1.165, 1.54) is 0 Å². The topological polar surface area (TPSA) is 40.5 Å². The molecule has 0 aliphatic heterocycles. The molecule has 1 aromatic rings. The molecule has 3 nitrogen and oxygen atoms in total. The molecule has 3 heteroatoms. The number of benzene rings is 1. The van der Waals surface area contributed by atoms with E-state index in [-0.39, 0.29) is 18.4 Å². The number of hydrogen-bond acceptors (Lipinski definition) is 3. The minimum absolute atomic E-state index is 0.0934. The van der Waals surface area contributed by atoms with E-state index in [2.05, 4.69) is 11.8 Å². The summed E-state index contributed by atoms with van der Waals surface area (Å²) in [6.07, 6.45) is 2.14. The molecule has 0 spiro atoms. The predicted octanol–water partition coefficient (Wildman–Crippen LogP) is 2.35. The summed E-state index contributed by atoms with van der Waals surface area (Å²) < 4.78 is 0. The summed E-state index contributed by atoms with van der Waals surface area (Å²) in [5.41, 5.74) is 0.740. The molecular formula is C15H23NO2. The van der Waals surface area contributed by atoms with Gasteiger partial charge in [-0.2, -0.15) is 0 Å². The maximum absolute atomic E-state index is 12.3. The highest BCUT2D eigenvalue weighted by atomic mass is 16.3. The summed E-state index contributed by atoms with van der Waals surface area (Å²) in [5, 5.41) is 9.08. The van der Waals surface area contributed by atoms with E-state index in [9.17, 15) is 4.79 Å². The van der Waals surface area contributed by atoms with Crippen molar-refractivity contribution in [3.63, 3.8) is 0 Å². The van der Waals surface area contributed by atoms with Gasteiger partial charge in [0.2, 0.25) is 0 Å². The van der Waals surface area contributed by atoms with Crippen molar-refractivity contribution in [1.29, 1.82) is 0 Å². The lowest BCUT2D eigenvalue weighted by molar-refractivity contribution is 0.0805. The smallest absolute Gasteiger partial charge is 0.179 e. The van der Waals surface area contributed by atoms with Gasteiger partial charge >= 0.3 is 0 Å². The summed E-state index contributed by atoms with van der Waals surface area (Å²) in [6.45, 7) is 5.55. The molecule has 1 unspecified atom stereocenters. The van der Waals surface area contributed by atoms with Crippen molar-refractivity contribution in [3.05, 3.63) is 35.9 Å². The number of aliphatic hydroxyl groups excluding tert-OH is 1. The average molecular weight is 249 g/mol. The zero-order chi connectivity index (χ0) is 13.4. The molecule has 0 aromatic heterocycles. The van der Waals surface area contributed by atoms with Crippen molar-refractivity contribution in [2.24, 2.45) is 0 Å². The Morgan fingerprint density at radius 2 is 1.94 bits per heavy atom. The fraction of sp³-hybridized carbons (Fsp3) is 0.533. The first kappa shape index (κ1) is 14.9. The molecule has 0 saturated carbocycles. The fourth-order valence-electron chi connectivity index (χ4n) is 2.00. The van der Waals surface area contributed by atoms with Crippen LogP contribution in [0.5, 0.6) is 0 Å². The van der Waals surface area contributed by atoms with E-state index in [4.69, 9.17) is 5.11 Å². The van der Waals surface area contributed by atoms with Gasteiger partial charge in [-0.1, -0.05) is 43.7 Å². The minimum atomic E-state index is -0.175. The number of carbonyl (C=O) groups is 1. The van der Waals surface area contributed by atoms with Crippen LogP contribution >= 0.6 is 0 Å². The summed E-state index contributed by atoms with van der Waals surface area (Å²) >= 11 is 0. The third-order valence-electron chi connectivity index (χ3n) is 3.17. The summed E-state index contributed by atoms with van der Waals surface area (Å²) in [4.78, 5) is 14.4. The predicted molar refractivity (Wildman–Crippen MR) is 73.8 cm³/mol. The lowest BCUT2D eigenvalue weighted by Gasteiger charge is -2.27. The maximum Gasteiger partial charge on any atom is 0.179 e. The van der Waals surface area contributed by atoms with Crippen LogP contribution in [0, 0.1) is 0 Å². The van der Waals surface area contributed by atoms with Gasteiger partial charge in [-0.3, -0.25) is 9.69 Å². The van der Waals surface area contributed by atoms with Gasteiger partial charge in [0, 0.05) is 12.1 Å². The Hall–Kier alpha value is -1.19. The number of rotatable bonds is 8. The molecule has 1 N–H and O–H groups in total. The standard InChI is InChI=1S/C15H23NO2/c1-3-4-10-16(11-12-17)13(2)15(18)14-8-6-5-7-9-14/h5-9,13,17H,3-4,10-12H2,1-2H3. The van der Waals surface area contributed by atoms with Gasteiger partial charge in [0.15, 0.2) is 5.78 Å². The molecule has 0 aliphatic carbocycles. The van der Waals surface area contributed by atoms with E-state index in [1.54, 1.807) is 0 Å². The highest BCUT2D eigenvalue weighted by Crippen LogP contribution is 2.10. The molecule has 0 heterocycles. The van der Waals surface area contributed by atoms with Crippen LogP contribution in [0.1, 0.15) is 37.0 Å². The van der Waals surface area contributed by atoms with Gasteiger partial charge in [0.1, 0.15) is 0 Å². The van der Waals surface area contributed by atoms with Crippen LogP contribution in [0.3, 0.4) is 0 Å². The molecule has 1 aromatic carbocycles. The molecule has 0 amide bonds. The van der Waals surface area contributed by atoms with Crippen molar-refractivity contribution in [2.45, 2.75) is 32.7 Å². The Morgan fingerprint density at radius 1 is 1.28 bits per heavy atom. The van der Waals surface area contributed by atoms with Crippen LogP contribution in [0.25, 0.3) is 0 Å². The first-order valence-electron chi connectivity index (χ1n) is 6.64. The van der Waals surface area contributed by atoms with E-state index in [1.807, 2.05) is 37.3 Å². The maximum atomic E-state index is 12.3. The van der Waals surface area contributed by atoms with Gasteiger partial charge in [0.05, 0.1) is 12.6 Å². The number of nitrogens with zero attached hydrogens (tertiary/aromatic N) is 1. The number of unbranched alkanes of at least 4 members (excludes halogenated alkanes) is 1. The molecule has 0 aliphatic rings. The van der Waals surface area contributed by atoms with Gasteiger partial charge in [-0.15, -0.1) is 0 Å². The second-order valence-corrected chi connectivity index (χ2v) is 4.52. The number of carbonyl (C=O) groups excluding carboxylic acids is 1. The van der Waals surface area contributed by atoms with Crippen LogP contribution in [0.2, 0.25) is 0 Å². The van der Waals surface area contributed by atoms with Crippen molar-refractivity contribution in [2.75, 3.05) is 19.7 Å². The molecule has 0 fully saturated rings. The van der Waals surface area contributed by atoms with Gasteiger partial charge in [-0.05, 0) is 19.9 Å². The van der Waals surface area contributed by atoms with Gasteiger partial charge in [0.25, 0.3) is 0 Å². The summed E-state index contributed by atoms with van der Waals surface area (Å²) in [6, 6.07) is 9.17. The van der Waals surface area contributed by atoms with Crippen LogP contribution in [-0.2, 0) is 0 Å². The van der Waals surface area contributed by atoms with Crippen LogP contribution in [0.15, 0.2) is 30.3 Å². The van der Waals surface area contributed by atoms with Crippen molar-refractivity contribution in [3.8, 4) is 0 Å². The highest BCUT2D eigenvalue weighted by Gasteiger charge is 2.21. The van der Waals surface area contributed by atoms with Gasteiger partial charge < -0.3 is 5.11 Å². The Morgan fingerprint density at radius 3 is 2.50 bits per heavy atom. The van der Waals surface area contributed by atoms with E-state index < -0.39 is 0 Å². The molecule has 0 saturated heterocycles. The largest absolute Gasteiger partial charge is 0.395 e. The minimum Gasteiger partial charge on any atom is -0.395 e. The van der Waals surface area contributed by atoms with Crippen molar-refractivity contribution >= 4 is 5.78 Å². The van der Waals surface area contributed by atoms with E-state index in [0.717, 1.165) is 24.9 Å². The zero-order valence-corrected chi connectivity index (χ0v) is 11.3. The SMILES string of the molecule is CCCCN(CCO)C(C)C(=O)c1ccccc1. The van der Waals surface area contributed by atoms with E-state index >= 15 is 0 Å². The molecule has 1 rings (SSSR count). The molecule has 1 atom stereocenters. The van der Waals surface area contributed by atoms with Crippen molar-refractivity contribution in [1.82, 2.24) is 4.90 Å². The number of ketones is 1. The van der Waals surface area contributed by atoms with Crippen LogP contribution < -0.4 is 0 Å². The second kappa shape index (κ2) is 8.01. The Balaban J connectivity index is 2.69. The molecule has 100 valence electrons. The third kappa shape index (κ3) is 4.24. The van der Waals surface area contributed by atoms with Crippen LogP contribution in [0.4, 0.5) is 0 Å². The Bertz CT molecular complexity index is 351. The van der Waals surface area contributed by atoms with E-state index in [0.29, 0.717) is 6.54 Å².